The molecule has 2 nitrogen and oxygen atoms in total. The molecule has 0 bridgehead atoms. The second kappa shape index (κ2) is 7.65. The molecule has 1 aromatic rings. The minimum Gasteiger partial charge on any atom is -0.318 e. The van der Waals surface area contributed by atoms with Crippen molar-refractivity contribution in [2.45, 2.75) is 25.4 Å². The minimum atomic E-state index is -0.460. The third-order valence-corrected chi connectivity index (χ3v) is 4.33. The van der Waals surface area contributed by atoms with Crippen LogP contribution in [0.2, 0.25) is 10.0 Å². The van der Waals surface area contributed by atoms with E-state index in [-0.39, 0.29) is 17.4 Å². The fourth-order valence-electron chi connectivity index (χ4n) is 2.48. The highest BCUT2D eigenvalue weighted by molar-refractivity contribution is 6.42. The molecule has 108 valence electrons. The van der Waals surface area contributed by atoms with Gasteiger partial charge in [-0.05, 0) is 38.1 Å². The summed E-state index contributed by atoms with van der Waals surface area (Å²) in [6.07, 6.45) is 2.38. The van der Waals surface area contributed by atoms with Gasteiger partial charge in [-0.2, -0.15) is 0 Å². The van der Waals surface area contributed by atoms with E-state index in [4.69, 9.17) is 23.2 Å². The molecule has 6 heteroatoms. The first-order valence-corrected chi connectivity index (χ1v) is 6.90. The van der Waals surface area contributed by atoms with E-state index in [2.05, 4.69) is 10.2 Å². The van der Waals surface area contributed by atoms with Crippen molar-refractivity contribution in [1.82, 2.24) is 10.2 Å². The molecule has 1 aliphatic heterocycles. The normalized spacial score (nSPS) is 19.5. The molecule has 0 radical (unpaired) electrons. The Morgan fingerprint density at radius 1 is 1.37 bits per heavy atom. The van der Waals surface area contributed by atoms with Crippen molar-refractivity contribution in [2.24, 2.45) is 0 Å². The van der Waals surface area contributed by atoms with Crippen LogP contribution in [0.5, 0.6) is 0 Å². The third-order valence-electron chi connectivity index (χ3n) is 3.43. The molecular formula is C13H18Cl3FN2. The maximum absolute atomic E-state index is 13.2. The molecule has 1 atom stereocenters. The van der Waals surface area contributed by atoms with Gasteiger partial charge >= 0.3 is 0 Å². The van der Waals surface area contributed by atoms with E-state index in [0.29, 0.717) is 11.1 Å². The Bertz CT molecular complexity index is 429. The predicted octanol–water partition coefficient (Wildman–Crippen LogP) is 3.74. The van der Waals surface area contributed by atoms with E-state index >= 15 is 0 Å². The van der Waals surface area contributed by atoms with Crippen LogP contribution < -0.4 is 5.32 Å². The van der Waals surface area contributed by atoms with E-state index in [1.807, 2.05) is 7.05 Å². The van der Waals surface area contributed by atoms with Crippen LogP contribution in [0.3, 0.4) is 0 Å². The summed E-state index contributed by atoms with van der Waals surface area (Å²) in [7, 11) is 1.96. The molecule has 1 aliphatic rings. The van der Waals surface area contributed by atoms with E-state index in [0.717, 1.165) is 25.2 Å². The van der Waals surface area contributed by atoms with Crippen molar-refractivity contribution < 1.29 is 4.39 Å². The second-order valence-electron chi connectivity index (χ2n) is 4.66. The van der Waals surface area contributed by atoms with Crippen molar-refractivity contribution in [1.29, 1.82) is 0 Å². The number of nitrogens with one attached hydrogen (secondary N) is 1. The molecule has 19 heavy (non-hydrogen) atoms. The van der Waals surface area contributed by atoms with Crippen molar-refractivity contribution in [3.05, 3.63) is 33.6 Å². The van der Waals surface area contributed by atoms with Crippen LogP contribution in [0.25, 0.3) is 0 Å². The maximum Gasteiger partial charge on any atom is 0.143 e. The third kappa shape index (κ3) is 3.96. The number of hydrogen-bond acceptors (Lipinski definition) is 2. The molecule has 1 N–H and O–H groups in total. The van der Waals surface area contributed by atoms with Crippen LogP contribution in [0.1, 0.15) is 18.4 Å². The van der Waals surface area contributed by atoms with E-state index < -0.39 is 5.82 Å². The molecule has 0 saturated carbocycles. The lowest BCUT2D eigenvalue weighted by molar-refractivity contribution is 0.242. The lowest BCUT2D eigenvalue weighted by atomic mass is 10.1. The van der Waals surface area contributed by atoms with Crippen molar-refractivity contribution in [3.8, 4) is 0 Å². The maximum atomic E-state index is 13.2. The number of likely N-dealkylation sites (N-methyl/N-ethyl adjacent to an activating group) is 1. The van der Waals surface area contributed by atoms with Crippen molar-refractivity contribution in [3.63, 3.8) is 0 Å². The number of rotatable bonds is 4. The Morgan fingerprint density at radius 3 is 2.79 bits per heavy atom. The van der Waals surface area contributed by atoms with Gasteiger partial charge in [-0.15, -0.1) is 12.4 Å². The topological polar surface area (TPSA) is 15.3 Å². The summed E-state index contributed by atoms with van der Waals surface area (Å²) in [5.74, 6) is -0.460. The predicted molar refractivity (Wildman–Crippen MR) is 81.0 cm³/mol. The summed E-state index contributed by atoms with van der Waals surface area (Å²) in [6, 6.07) is 3.63. The van der Waals surface area contributed by atoms with Crippen LogP contribution in [0.4, 0.5) is 4.39 Å². The Labute approximate surface area is 129 Å². The molecule has 0 spiro atoms. The van der Waals surface area contributed by atoms with E-state index in [1.54, 1.807) is 6.07 Å². The first-order chi connectivity index (χ1) is 8.63. The van der Waals surface area contributed by atoms with Gasteiger partial charge in [-0.25, -0.2) is 4.39 Å². The average molecular weight is 328 g/mol. The highest BCUT2D eigenvalue weighted by Gasteiger charge is 2.24. The molecular weight excluding hydrogens is 310 g/mol. The van der Waals surface area contributed by atoms with Crippen LogP contribution in [-0.4, -0.2) is 31.1 Å². The Hall–Kier alpha value is -0.0600. The molecule has 0 aliphatic carbocycles. The van der Waals surface area contributed by atoms with Gasteiger partial charge in [0.05, 0.1) is 10.0 Å². The zero-order valence-electron chi connectivity index (χ0n) is 10.8. The minimum absolute atomic E-state index is 0. The lowest BCUT2D eigenvalue weighted by Crippen LogP contribution is -2.36. The Morgan fingerprint density at radius 2 is 2.11 bits per heavy atom. The number of benzene rings is 1. The van der Waals surface area contributed by atoms with Gasteiger partial charge in [-0.3, -0.25) is 4.90 Å². The largest absolute Gasteiger partial charge is 0.318 e. The summed E-state index contributed by atoms with van der Waals surface area (Å²) in [4.78, 5) is 2.37. The second-order valence-corrected chi connectivity index (χ2v) is 5.41. The van der Waals surface area contributed by atoms with Crippen molar-refractivity contribution in [2.75, 3.05) is 20.1 Å². The molecule has 2 rings (SSSR count). The van der Waals surface area contributed by atoms with Crippen LogP contribution in [0, 0.1) is 5.82 Å². The van der Waals surface area contributed by atoms with Crippen LogP contribution in [-0.2, 0) is 6.54 Å². The zero-order valence-corrected chi connectivity index (χ0v) is 13.1. The summed E-state index contributed by atoms with van der Waals surface area (Å²) in [6.45, 7) is 2.75. The first kappa shape index (κ1) is 17.0. The highest BCUT2D eigenvalue weighted by atomic mass is 35.5. The fraction of sp³-hybridized carbons (Fsp3) is 0.538. The number of hydrogen-bond donors (Lipinski definition) is 1. The van der Waals surface area contributed by atoms with Gasteiger partial charge in [0.1, 0.15) is 5.82 Å². The molecule has 1 fully saturated rings. The zero-order chi connectivity index (χ0) is 13.1. The fourth-order valence-corrected chi connectivity index (χ4v) is 2.87. The molecule has 0 amide bonds. The number of halogens is 4. The Kier molecular flexibility index (Phi) is 6.84. The standard InChI is InChI=1S/C13H17Cl2FN2.ClH/c1-17-7-10-3-2-6-18(10)8-9-4-5-11(16)13(15)12(9)14;/h4-5,10,17H,2-3,6-8H2,1H3;1H. The molecule has 1 unspecified atom stereocenters. The van der Waals surface area contributed by atoms with Crippen LogP contribution >= 0.6 is 35.6 Å². The monoisotopic (exact) mass is 326 g/mol. The smallest absolute Gasteiger partial charge is 0.143 e. The van der Waals surface area contributed by atoms with Gasteiger partial charge in [0.2, 0.25) is 0 Å². The molecule has 0 aromatic heterocycles. The van der Waals surface area contributed by atoms with Gasteiger partial charge in [0.25, 0.3) is 0 Å². The van der Waals surface area contributed by atoms with Gasteiger partial charge in [0.15, 0.2) is 0 Å². The number of likely N-dealkylation sites (tertiary alicyclic amines) is 1. The van der Waals surface area contributed by atoms with Gasteiger partial charge in [0, 0.05) is 19.1 Å². The van der Waals surface area contributed by atoms with Gasteiger partial charge < -0.3 is 5.32 Å². The number of nitrogens with zero attached hydrogens (tertiary/aromatic N) is 1. The average Bonchev–Trinajstić information content (AvgIpc) is 2.78. The molecule has 1 heterocycles. The molecule has 1 aromatic carbocycles. The van der Waals surface area contributed by atoms with E-state index in [1.165, 1.54) is 18.9 Å². The van der Waals surface area contributed by atoms with Crippen molar-refractivity contribution >= 4 is 35.6 Å². The first-order valence-electron chi connectivity index (χ1n) is 6.14. The SMILES string of the molecule is CNCC1CCCN1Cc1ccc(F)c(Cl)c1Cl.Cl. The summed E-state index contributed by atoms with van der Waals surface area (Å²) >= 11 is 11.9. The lowest BCUT2D eigenvalue weighted by Gasteiger charge is -2.24. The summed E-state index contributed by atoms with van der Waals surface area (Å²) in [5, 5.41) is 3.57. The van der Waals surface area contributed by atoms with Gasteiger partial charge in [-0.1, -0.05) is 29.3 Å². The summed E-state index contributed by atoms with van der Waals surface area (Å²) < 4.78 is 13.2. The quantitative estimate of drug-likeness (QED) is 0.848. The Balaban J connectivity index is 0.00000180. The van der Waals surface area contributed by atoms with Crippen LogP contribution in [0.15, 0.2) is 12.1 Å². The highest BCUT2D eigenvalue weighted by Crippen LogP contribution is 2.30. The molecule has 1 saturated heterocycles. The van der Waals surface area contributed by atoms with E-state index in [9.17, 15) is 4.39 Å². The summed E-state index contributed by atoms with van der Waals surface area (Å²) in [5.41, 5.74) is 0.895.